The Hall–Kier alpha value is -4.46. The average Bonchev–Trinajstić information content (AvgIpc) is 3.32. The molecule has 8 heteroatoms. The molecule has 38 heavy (non-hydrogen) atoms. The standard InChI is InChI=1S/C30H31N3O5/c1-21(23-12-6-3-7-13-23)31-29(36)25-14-8-9-15-26(25)32-27(34)20-38-30(37)24-18-28(35)33(19-24)17-16-22-10-4-2-5-11-22/h2-15,21,24H,16-20H2,1H3,(H,31,36)(H,32,34)/t21-,24+/m1/s1. The normalized spacial score (nSPS) is 15.6. The maximum absolute atomic E-state index is 12.9. The number of benzene rings is 3. The molecular formula is C30H31N3O5. The Morgan fingerprint density at radius 2 is 1.61 bits per heavy atom. The number of carbonyl (C=O) groups is 4. The number of nitrogens with zero attached hydrogens (tertiary/aromatic N) is 1. The van der Waals surface area contributed by atoms with Gasteiger partial charge in [-0.15, -0.1) is 0 Å². The zero-order chi connectivity index (χ0) is 26.9. The smallest absolute Gasteiger partial charge is 0.311 e. The molecule has 2 atom stereocenters. The average molecular weight is 514 g/mol. The predicted octanol–water partition coefficient (Wildman–Crippen LogP) is 3.75. The Bertz CT molecular complexity index is 1280. The zero-order valence-electron chi connectivity index (χ0n) is 21.3. The van der Waals surface area contributed by atoms with Gasteiger partial charge in [0.1, 0.15) is 0 Å². The topological polar surface area (TPSA) is 105 Å². The Labute approximate surface area is 222 Å². The molecule has 1 aliphatic heterocycles. The fraction of sp³-hybridized carbons (Fsp3) is 0.267. The summed E-state index contributed by atoms with van der Waals surface area (Å²) in [4.78, 5) is 52.0. The first kappa shape index (κ1) is 26.6. The highest BCUT2D eigenvalue weighted by Gasteiger charge is 2.35. The summed E-state index contributed by atoms with van der Waals surface area (Å²) in [7, 11) is 0. The first-order valence-electron chi connectivity index (χ1n) is 12.6. The van der Waals surface area contributed by atoms with Gasteiger partial charge in [0.15, 0.2) is 6.61 Å². The highest BCUT2D eigenvalue weighted by Crippen LogP contribution is 2.21. The van der Waals surface area contributed by atoms with Crippen LogP contribution in [0.3, 0.4) is 0 Å². The van der Waals surface area contributed by atoms with Crippen LogP contribution in [0.1, 0.15) is 40.9 Å². The molecule has 3 aromatic rings. The second-order valence-electron chi connectivity index (χ2n) is 9.28. The number of carbonyl (C=O) groups excluding carboxylic acids is 4. The number of hydrogen-bond donors (Lipinski definition) is 2. The van der Waals surface area contributed by atoms with Crippen molar-refractivity contribution in [1.29, 1.82) is 0 Å². The van der Waals surface area contributed by atoms with Crippen LogP contribution in [-0.2, 0) is 25.5 Å². The molecule has 4 rings (SSSR count). The molecule has 8 nitrogen and oxygen atoms in total. The van der Waals surface area contributed by atoms with Crippen molar-refractivity contribution in [3.05, 3.63) is 102 Å². The van der Waals surface area contributed by atoms with E-state index in [1.807, 2.05) is 67.6 Å². The van der Waals surface area contributed by atoms with Gasteiger partial charge in [-0.05, 0) is 36.6 Å². The number of para-hydroxylation sites is 1. The van der Waals surface area contributed by atoms with Crippen molar-refractivity contribution in [2.24, 2.45) is 5.92 Å². The fourth-order valence-electron chi connectivity index (χ4n) is 4.39. The number of ether oxygens (including phenoxy) is 1. The summed E-state index contributed by atoms with van der Waals surface area (Å²) in [6, 6.07) is 25.8. The summed E-state index contributed by atoms with van der Waals surface area (Å²) in [5.74, 6) is -2.20. The van der Waals surface area contributed by atoms with E-state index in [4.69, 9.17) is 4.74 Å². The fourth-order valence-corrected chi connectivity index (χ4v) is 4.39. The minimum absolute atomic E-state index is 0.0673. The third kappa shape index (κ3) is 7.06. The summed E-state index contributed by atoms with van der Waals surface area (Å²) in [5.41, 5.74) is 2.68. The van der Waals surface area contributed by atoms with Gasteiger partial charge in [-0.3, -0.25) is 19.2 Å². The van der Waals surface area contributed by atoms with Gasteiger partial charge >= 0.3 is 5.97 Å². The molecule has 3 amide bonds. The Morgan fingerprint density at radius 3 is 2.34 bits per heavy atom. The monoisotopic (exact) mass is 513 g/mol. The largest absolute Gasteiger partial charge is 0.455 e. The van der Waals surface area contributed by atoms with Gasteiger partial charge in [0.25, 0.3) is 11.8 Å². The minimum atomic E-state index is -0.608. The van der Waals surface area contributed by atoms with Gasteiger partial charge in [0.2, 0.25) is 5.91 Å². The molecule has 0 aliphatic carbocycles. The number of amides is 3. The first-order chi connectivity index (χ1) is 18.4. The molecule has 1 fully saturated rings. The molecule has 0 radical (unpaired) electrons. The highest BCUT2D eigenvalue weighted by atomic mass is 16.5. The predicted molar refractivity (Wildman–Crippen MR) is 143 cm³/mol. The Kier molecular flexibility index (Phi) is 8.87. The number of nitrogens with one attached hydrogen (secondary N) is 2. The summed E-state index contributed by atoms with van der Waals surface area (Å²) in [5, 5.41) is 5.58. The van der Waals surface area contributed by atoms with Crippen molar-refractivity contribution >= 4 is 29.4 Å². The molecule has 1 heterocycles. The minimum Gasteiger partial charge on any atom is -0.455 e. The molecule has 196 valence electrons. The lowest BCUT2D eigenvalue weighted by Gasteiger charge is -2.17. The van der Waals surface area contributed by atoms with Crippen LogP contribution >= 0.6 is 0 Å². The lowest BCUT2D eigenvalue weighted by Crippen LogP contribution is -2.30. The summed E-state index contributed by atoms with van der Waals surface area (Å²) < 4.78 is 5.21. The molecule has 2 N–H and O–H groups in total. The number of rotatable bonds is 10. The molecule has 0 spiro atoms. The molecular weight excluding hydrogens is 482 g/mol. The second kappa shape index (κ2) is 12.7. The third-order valence-electron chi connectivity index (χ3n) is 6.50. The van der Waals surface area contributed by atoms with Crippen LogP contribution in [0.2, 0.25) is 0 Å². The van der Waals surface area contributed by atoms with E-state index in [2.05, 4.69) is 10.6 Å². The van der Waals surface area contributed by atoms with Crippen LogP contribution in [0.4, 0.5) is 5.69 Å². The maximum atomic E-state index is 12.9. The number of esters is 1. The van der Waals surface area contributed by atoms with Gasteiger partial charge in [0.05, 0.1) is 23.2 Å². The Morgan fingerprint density at radius 1 is 0.947 bits per heavy atom. The van der Waals surface area contributed by atoms with Gasteiger partial charge in [-0.25, -0.2) is 0 Å². The summed E-state index contributed by atoms with van der Waals surface area (Å²) in [6.07, 6.45) is 0.770. The van der Waals surface area contributed by atoms with Gasteiger partial charge < -0.3 is 20.3 Å². The summed E-state index contributed by atoms with van der Waals surface area (Å²) in [6.45, 7) is 2.16. The quantitative estimate of drug-likeness (QED) is 0.402. The van der Waals surface area contributed by atoms with E-state index in [0.717, 1.165) is 11.1 Å². The van der Waals surface area contributed by atoms with Gasteiger partial charge in [0, 0.05) is 19.5 Å². The van der Waals surface area contributed by atoms with Gasteiger partial charge in [-0.2, -0.15) is 0 Å². The lowest BCUT2D eigenvalue weighted by atomic mass is 10.1. The first-order valence-corrected chi connectivity index (χ1v) is 12.6. The number of likely N-dealkylation sites (tertiary alicyclic amines) is 1. The van der Waals surface area contributed by atoms with Gasteiger partial charge in [-0.1, -0.05) is 72.8 Å². The second-order valence-corrected chi connectivity index (χ2v) is 9.28. The lowest BCUT2D eigenvalue weighted by molar-refractivity contribution is -0.151. The SMILES string of the molecule is C[C@@H](NC(=O)c1ccccc1NC(=O)COC(=O)[C@H]1CC(=O)N(CCc2ccccc2)C1)c1ccccc1. The number of hydrogen-bond acceptors (Lipinski definition) is 5. The maximum Gasteiger partial charge on any atom is 0.311 e. The molecule has 0 aromatic heterocycles. The molecule has 3 aromatic carbocycles. The van der Waals surface area contributed by atoms with E-state index >= 15 is 0 Å². The van der Waals surface area contributed by atoms with E-state index in [1.165, 1.54) is 0 Å². The van der Waals surface area contributed by atoms with Crippen molar-refractivity contribution in [1.82, 2.24) is 10.2 Å². The van der Waals surface area contributed by atoms with E-state index in [-0.39, 0.29) is 30.8 Å². The van der Waals surface area contributed by atoms with Crippen molar-refractivity contribution in [3.63, 3.8) is 0 Å². The van der Waals surface area contributed by atoms with Crippen LogP contribution in [0.25, 0.3) is 0 Å². The van der Waals surface area contributed by atoms with Crippen LogP contribution in [0.5, 0.6) is 0 Å². The van der Waals surface area contributed by atoms with Crippen LogP contribution < -0.4 is 10.6 Å². The third-order valence-corrected chi connectivity index (χ3v) is 6.50. The van der Waals surface area contributed by atoms with E-state index < -0.39 is 24.4 Å². The van der Waals surface area contributed by atoms with Crippen molar-refractivity contribution in [2.45, 2.75) is 25.8 Å². The van der Waals surface area contributed by atoms with E-state index in [9.17, 15) is 19.2 Å². The molecule has 0 bridgehead atoms. The van der Waals surface area contributed by atoms with Crippen molar-refractivity contribution < 1.29 is 23.9 Å². The molecule has 1 saturated heterocycles. The van der Waals surface area contributed by atoms with Crippen LogP contribution in [0.15, 0.2) is 84.9 Å². The van der Waals surface area contributed by atoms with E-state index in [0.29, 0.717) is 24.2 Å². The molecule has 1 aliphatic rings. The van der Waals surface area contributed by atoms with Crippen LogP contribution in [0, 0.1) is 5.92 Å². The zero-order valence-corrected chi connectivity index (χ0v) is 21.3. The van der Waals surface area contributed by atoms with Crippen molar-refractivity contribution in [2.75, 3.05) is 25.0 Å². The van der Waals surface area contributed by atoms with E-state index in [1.54, 1.807) is 29.2 Å². The number of anilines is 1. The highest BCUT2D eigenvalue weighted by molar-refractivity contribution is 6.04. The summed E-state index contributed by atoms with van der Waals surface area (Å²) >= 11 is 0. The van der Waals surface area contributed by atoms with Crippen molar-refractivity contribution in [3.8, 4) is 0 Å². The molecule has 0 unspecified atom stereocenters. The molecule has 0 saturated carbocycles. The Balaban J connectivity index is 1.26. The van der Waals surface area contributed by atoms with Crippen LogP contribution in [-0.4, -0.2) is 48.3 Å².